The molecule has 0 saturated heterocycles. The molecule has 3 aromatic carbocycles. The first-order chi connectivity index (χ1) is 15.1. The van der Waals surface area contributed by atoms with E-state index in [1.165, 1.54) is 7.11 Å². The van der Waals surface area contributed by atoms with E-state index in [9.17, 15) is 4.79 Å². The third kappa shape index (κ3) is 4.83. The average molecular weight is 413 g/mol. The van der Waals surface area contributed by atoms with Crippen molar-refractivity contribution in [2.45, 2.75) is 20.1 Å². The van der Waals surface area contributed by atoms with Crippen LogP contribution >= 0.6 is 0 Å². The standard InChI is InChI=1S/C26H23NO4/c1-18-7-5-9-20(25(18)26(28)29-2)16-30-22-10-6-11-23(15-22)31-17-21-14-13-19-8-3-4-12-24(19)27-21/h3-15H,16-17H2,1-2H3. The minimum atomic E-state index is -0.364. The summed E-state index contributed by atoms with van der Waals surface area (Å²) in [6, 6.07) is 25.1. The van der Waals surface area contributed by atoms with Gasteiger partial charge in [0.15, 0.2) is 0 Å². The molecule has 0 N–H and O–H groups in total. The zero-order valence-corrected chi connectivity index (χ0v) is 17.5. The lowest BCUT2D eigenvalue weighted by molar-refractivity contribution is 0.0597. The lowest BCUT2D eigenvalue weighted by atomic mass is 10.0. The highest BCUT2D eigenvalue weighted by molar-refractivity contribution is 5.92. The molecule has 0 aliphatic rings. The Morgan fingerprint density at radius 2 is 1.58 bits per heavy atom. The van der Waals surface area contributed by atoms with Crippen LogP contribution in [0, 0.1) is 6.92 Å². The highest BCUT2D eigenvalue weighted by Crippen LogP contribution is 2.23. The number of aryl methyl sites for hydroxylation is 1. The molecule has 1 heterocycles. The number of carbonyl (C=O) groups excluding carboxylic acids is 1. The fourth-order valence-corrected chi connectivity index (χ4v) is 3.40. The molecule has 0 aliphatic carbocycles. The third-order valence-electron chi connectivity index (χ3n) is 4.99. The van der Waals surface area contributed by atoms with E-state index in [0.29, 0.717) is 23.7 Å². The van der Waals surface area contributed by atoms with E-state index in [1.54, 1.807) is 0 Å². The van der Waals surface area contributed by atoms with Crippen molar-refractivity contribution in [3.05, 3.63) is 101 Å². The van der Waals surface area contributed by atoms with Crippen LogP contribution in [0.2, 0.25) is 0 Å². The van der Waals surface area contributed by atoms with E-state index in [2.05, 4.69) is 4.98 Å². The van der Waals surface area contributed by atoms with Crippen LogP contribution in [0.15, 0.2) is 78.9 Å². The molecule has 0 spiro atoms. The molecule has 0 fully saturated rings. The van der Waals surface area contributed by atoms with Gasteiger partial charge in [-0.15, -0.1) is 0 Å². The second kappa shape index (κ2) is 9.30. The topological polar surface area (TPSA) is 57.7 Å². The number of hydrogen-bond donors (Lipinski definition) is 0. The number of nitrogens with zero attached hydrogens (tertiary/aromatic N) is 1. The molecule has 4 rings (SSSR count). The number of para-hydroxylation sites is 1. The van der Waals surface area contributed by atoms with Crippen molar-refractivity contribution in [2.75, 3.05) is 7.11 Å². The number of hydrogen-bond acceptors (Lipinski definition) is 5. The summed E-state index contributed by atoms with van der Waals surface area (Å²) in [6.07, 6.45) is 0. The van der Waals surface area contributed by atoms with Crippen molar-refractivity contribution in [2.24, 2.45) is 0 Å². The molecule has 0 aliphatic heterocycles. The molecule has 0 unspecified atom stereocenters. The molecule has 0 atom stereocenters. The SMILES string of the molecule is COC(=O)c1c(C)cccc1COc1cccc(OCc2ccc3ccccc3n2)c1. The molecular formula is C26H23NO4. The number of ether oxygens (including phenoxy) is 3. The van der Waals surface area contributed by atoms with Gasteiger partial charge in [0.05, 0.1) is 23.9 Å². The molecule has 156 valence electrons. The van der Waals surface area contributed by atoms with Gasteiger partial charge in [-0.1, -0.05) is 48.5 Å². The Balaban J connectivity index is 1.43. The second-order valence-electron chi connectivity index (χ2n) is 7.15. The second-order valence-corrected chi connectivity index (χ2v) is 7.15. The van der Waals surface area contributed by atoms with Crippen LogP contribution in [0.25, 0.3) is 10.9 Å². The van der Waals surface area contributed by atoms with Crippen LogP contribution in [0.4, 0.5) is 0 Å². The fourth-order valence-electron chi connectivity index (χ4n) is 3.40. The van der Waals surface area contributed by atoms with Crippen LogP contribution in [0.3, 0.4) is 0 Å². The summed E-state index contributed by atoms with van der Waals surface area (Å²) >= 11 is 0. The van der Waals surface area contributed by atoms with Gasteiger partial charge in [-0.25, -0.2) is 9.78 Å². The van der Waals surface area contributed by atoms with Crippen LogP contribution in [-0.2, 0) is 18.0 Å². The summed E-state index contributed by atoms with van der Waals surface area (Å²) in [5, 5.41) is 1.10. The van der Waals surface area contributed by atoms with E-state index in [-0.39, 0.29) is 12.6 Å². The molecule has 31 heavy (non-hydrogen) atoms. The summed E-state index contributed by atoms with van der Waals surface area (Å²) < 4.78 is 16.8. The summed E-state index contributed by atoms with van der Waals surface area (Å²) in [4.78, 5) is 16.7. The number of fused-ring (bicyclic) bond motifs is 1. The molecular weight excluding hydrogens is 390 g/mol. The normalized spacial score (nSPS) is 10.6. The minimum absolute atomic E-state index is 0.252. The van der Waals surface area contributed by atoms with Gasteiger partial charge in [0.2, 0.25) is 0 Å². The molecule has 1 aromatic heterocycles. The van der Waals surface area contributed by atoms with Gasteiger partial charge in [0, 0.05) is 17.0 Å². The number of benzene rings is 3. The van der Waals surface area contributed by atoms with Crippen molar-refractivity contribution in [1.82, 2.24) is 4.98 Å². The Hall–Kier alpha value is -3.86. The number of pyridine rings is 1. The summed E-state index contributed by atoms with van der Waals surface area (Å²) in [5.41, 5.74) is 3.97. The number of aromatic nitrogens is 1. The largest absolute Gasteiger partial charge is 0.489 e. The van der Waals surface area contributed by atoms with Crippen molar-refractivity contribution in [3.8, 4) is 11.5 Å². The van der Waals surface area contributed by atoms with Gasteiger partial charge in [-0.2, -0.15) is 0 Å². The van der Waals surface area contributed by atoms with Crippen LogP contribution in [-0.4, -0.2) is 18.1 Å². The van der Waals surface area contributed by atoms with Crippen molar-refractivity contribution >= 4 is 16.9 Å². The predicted molar refractivity (Wildman–Crippen MR) is 119 cm³/mol. The molecule has 4 aromatic rings. The quantitative estimate of drug-likeness (QED) is 0.375. The average Bonchev–Trinajstić information content (AvgIpc) is 2.81. The van der Waals surface area contributed by atoms with Gasteiger partial charge in [0.25, 0.3) is 0 Å². The first-order valence-corrected chi connectivity index (χ1v) is 10.0. The number of rotatable bonds is 7. The maximum absolute atomic E-state index is 12.1. The Morgan fingerprint density at radius 1 is 0.839 bits per heavy atom. The van der Waals surface area contributed by atoms with Crippen molar-refractivity contribution < 1.29 is 19.0 Å². The fraction of sp³-hybridized carbons (Fsp3) is 0.154. The van der Waals surface area contributed by atoms with Crippen molar-refractivity contribution in [3.63, 3.8) is 0 Å². The number of methoxy groups -OCH3 is 1. The molecule has 0 bridgehead atoms. The number of carbonyl (C=O) groups is 1. The molecule has 0 amide bonds. The zero-order valence-electron chi connectivity index (χ0n) is 17.5. The van der Waals surface area contributed by atoms with Gasteiger partial charge in [-0.3, -0.25) is 0 Å². The molecule has 0 radical (unpaired) electrons. The summed E-state index contributed by atoms with van der Waals surface area (Å²) in [6.45, 7) is 2.49. The van der Waals surface area contributed by atoms with Gasteiger partial charge in [0.1, 0.15) is 24.7 Å². The Labute approximate surface area is 181 Å². The lowest BCUT2D eigenvalue weighted by Gasteiger charge is -2.13. The van der Waals surface area contributed by atoms with E-state index in [1.807, 2.05) is 85.8 Å². The van der Waals surface area contributed by atoms with E-state index in [0.717, 1.165) is 27.7 Å². The van der Waals surface area contributed by atoms with Crippen LogP contribution < -0.4 is 9.47 Å². The Kier molecular flexibility index (Phi) is 6.13. The highest BCUT2D eigenvalue weighted by Gasteiger charge is 2.15. The zero-order chi connectivity index (χ0) is 21.6. The molecule has 5 heteroatoms. The third-order valence-corrected chi connectivity index (χ3v) is 4.99. The molecule has 0 saturated carbocycles. The summed E-state index contributed by atoms with van der Waals surface area (Å²) in [5.74, 6) is 0.975. The maximum Gasteiger partial charge on any atom is 0.338 e. The van der Waals surface area contributed by atoms with Gasteiger partial charge >= 0.3 is 5.97 Å². The monoisotopic (exact) mass is 413 g/mol. The smallest absolute Gasteiger partial charge is 0.338 e. The maximum atomic E-state index is 12.1. The van der Waals surface area contributed by atoms with Gasteiger partial charge < -0.3 is 14.2 Å². The minimum Gasteiger partial charge on any atom is -0.489 e. The van der Waals surface area contributed by atoms with Crippen LogP contribution in [0.5, 0.6) is 11.5 Å². The first-order valence-electron chi connectivity index (χ1n) is 10.0. The van der Waals surface area contributed by atoms with E-state index in [4.69, 9.17) is 14.2 Å². The summed E-state index contributed by atoms with van der Waals surface area (Å²) in [7, 11) is 1.38. The van der Waals surface area contributed by atoms with E-state index < -0.39 is 0 Å². The van der Waals surface area contributed by atoms with Crippen LogP contribution in [0.1, 0.15) is 27.2 Å². The predicted octanol–water partition coefficient (Wildman–Crippen LogP) is 5.49. The first kappa shape index (κ1) is 20.4. The van der Waals surface area contributed by atoms with E-state index >= 15 is 0 Å². The Bertz CT molecular complexity index is 1220. The Morgan fingerprint density at radius 3 is 2.39 bits per heavy atom. The van der Waals surface area contributed by atoms with Gasteiger partial charge in [-0.05, 0) is 36.8 Å². The lowest BCUT2D eigenvalue weighted by Crippen LogP contribution is -2.10. The number of esters is 1. The van der Waals surface area contributed by atoms with Crippen molar-refractivity contribution in [1.29, 1.82) is 0 Å². The highest BCUT2D eigenvalue weighted by atomic mass is 16.5. The molecule has 5 nitrogen and oxygen atoms in total.